The first-order valence-corrected chi connectivity index (χ1v) is 4.95. The third-order valence-electron chi connectivity index (χ3n) is 2.88. The summed E-state index contributed by atoms with van der Waals surface area (Å²) in [5.41, 5.74) is 4.51. The van der Waals surface area contributed by atoms with Crippen LogP contribution in [0.3, 0.4) is 0 Å². The lowest BCUT2D eigenvalue weighted by Crippen LogP contribution is -2.35. The number of rotatable bonds is 0. The lowest BCUT2D eigenvalue weighted by molar-refractivity contribution is 0.501. The van der Waals surface area contributed by atoms with Gasteiger partial charge in [0.1, 0.15) is 0 Å². The van der Waals surface area contributed by atoms with E-state index >= 15 is 0 Å². The van der Waals surface area contributed by atoms with E-state index in [1.165, 1.54) is 29.7 Å². The van der Waals surface area contributed by atoms with E-state index in [1.807, 2.05) is 0 Å². The van der Waals surface area contributed by atoms with Gasteiger partial charge in [-0.3, -0.25) is 0 Å². The van der Waals surface area contributed by atoms with Crippen molar-refractivity contribution < 1.29 is 0 Å². The minimum Gasteiger partial charge on any atom is -0.380 e. The maximum absolute atomic E-state index is 3.58. The molecule has 1 aliphatic heterocycles. The van der Waals surface area contributed by atoms with Gasteiger partial charge in [0.15, 0.2) is 0 Å². The maximum atomic E-state index is 3.58. The van der Waals surface area contributed by atoms with E-state index in [9.17, 15) is 0 Å². The van der Waals surface area contributed by atoms with Crippen molar-refractivity contribution in [2.75, 3.05) is 5.32 Å². The summed E-state index contributed by atoms with van der Waals surface area (Å²) in [5, 5.41) is 3.58. The van der Waals surface area contributed by atoms with E-state index < -0.39 is 0 Å². The van der Waals surface area contributed by atoms with Crippen molar-refractivity contribution in [2.45, 2.75) is 39.2 Å². The van der Waals surface area contributed by atoms with E-state index in [0.29, 0.717) is 0 Å². The van der Waals surface area contributed by atoms with Crippen LogP contribution in [0.5, 0.6) is 0 Å². The Morgan fingerprint density at radius 2 is 2.08 bits per heavy atom. The third-order valence-corrected chi connectivity index (χ3v) is 2.88. The first-order chi connectivity index (χ1) is 6.08. The third kappa shape index (κ3) is 1.55. The highest BCUT2D eigenvalue weighted by molar-refractivity contribution is 5.57. The van der Waals surface area contributed by atoms with Gasteiger partial charge in [0, 0.05) is 11.2 Å². The number of anilines is 1. The Balaban J connectivity index is 2.42. The van der Waals surface area contributed by atoms with Crippen LogP contribution >= 0.6 is 0 Å². The van der Waals surface area contributed by atoms with Crippen LogP contribution in [0.25, 0.3) is 0 Å². The van der Waals surface area contributed by atoms with Crippen molar-refractivity contribution >= 4 is 5.69 Å². The second-order valence-corrected chi connectivity index (χ2v) is 4.61. The van der Waals surface area contributed by atoms with E-state index in [4.69, 9.17) is 0 Å². The van der Waals surface area contributed by atoms with Crippen LogP contribution in [0.15, 0.2) is 18.2 Å². The van der Waals surface area contributed by atoms with Gasteiger partial charge >= 0.3 is 0 Å². The number of aryl methyl sites for hydroxylation is 1. The fraction of sp³-hybridized carbons (Fsp3) is 0.500. The second kappa shape index (κ2) is 2.76. The van der Waals surface area contributed by atoms with E-state index in [-0.39, 0.29) is 5.54 Å². The highest BCUT2D eigenvalue weighted by Crippen LogP contribution is 2.31. The van der Waals surface area contributed by atoms with Gasteiger partial charge < -0.3 is 5.32 Å². The quantitative estimate of drug-likeness (QED) is 0.638. The van der Waals surface area contributed by atoms with E-state index in [2.05, 4.69) is 44.3 Å². The summed E-state index contributed by atoms with van der Waals surface area (Å²) >= 11 is 0. The van der Waals surface area contributed by atoms with E-state index in [1.54, 1.807) is 0 Å². The Labute approximate surface area is 80.2 Å². The first kappa shape index (κ1) is 8.61. The molecule has 1 aromatic rings. The molecule has 13 heavy (non-hydrogen) atoms. The van der Waals surface area contributed by atoms with Crippen molar-refractivity contribution in [3.8, 4) is 0 Å². The molecule has 0 saturated heterocycles. The van der Waals surface area contributed by atoms with Crippen molar-refractivity contribution in [1.29, 1.82) is 0 Å². The van der Waals surface area contributed by atoms with Gasteiger partial charge in [-0.25, -0.2) is 0 Å². The molecule has 1 aromatic carbocycles. The number of hydrogen-bond acceptors (Lipinski definition) is 1. The summed E-state index contributed by atoms with van der Waals surface area (Å²) in [6.45, 7) is 6.72. The predicted molar refractivity (Wildman–Crippen MR) is 57.2 cm³/mol. The zero-order valence-electron chi connectivity index (χ0n) is 8.65. The van der Waals surface area contributed by atoms with Crippen molar-refractivity contribution in [3.05, 3.63) is 29.3 Å². The topological polar surface area (TPSA) is 12.0 Å². The summed E-state index contributed by atoms with van der Waals surface area (Å²) in [5.74, 6) is 0. The van der Waals surface area contributed by atoms with Crippen LogP contribution < -0.4 is 5.32 Å². The largest absolute Gasteiger partial charge is 0.380 e. The lowest BCUT2D eigenvalue weighted by atomic mass is 9.87. The van der Waals surface area contributed by atoms with Gasteiger partial charge in [-0.05, 0) is 50.8 Å². The van der Waals surface area contributed by atoms with Crippen LogP contribution in [-0.2, 0) is 6.42 Å². The normalized spacial score (nSPS) is 19.0. The number of fused-ring (bicyclic) bond motifs is 1. The molecule has 0 bridgehead atoms. The van der Waals surface area contributed by atoms with Crippen molar-refractivity contribution in [3.63, 3.8) is 0 Å². The average molecular weight is 175 g/mol. The van der Waals surface area contributed by atoms with Crippen LogP contribution in [0.1, 0.15) is 31.4 Å². The molecule has 1 heterocycles. The van der Waals surface area contributed by atoms with Gasteiger partial charge in [0.05, 0.1) is 0 Å². The highest BCUT2D eigenvalue weighted by atomic mass is 15.0. The predicted octanol–water partition coefficient (Wildman–Crippen LogP) is 3.13. The molecule has 0 unspecified atom stereocenters. The maximum Gasteiger partial charge on any atom is 0.0379 e. The summed E-state index contributed by atoms with van der Waals surface area (Å²) in [7, 11) is 0. The van der Waals surface area contributed by atoms with Crippen LogP contribution in [0.4, 0.5) is 5.69 Å². The monoisotopic (exact) mass is 175 g/mol. The standard InChI is InChI=1S/C12H17N/c1-9-5-4-6-11-10(9)7-8-12(2,3)13-11/h4-6,13H,7-8H2,1-3H3. The van der Waals surface area contributed by atoms with Crippen molar-refractivity contribution in [2.24, 2.45) is 0 Å². The molecular formula is C12H17N. The van der Waals surface area contributed by atoms with Gasteiger partial charge in [0.25, 0.3) is 0 Å². The molecule has 1 aliphatic rings. The minimum atomic E-state index is 0.265. The Hall–Kier alpha value is -0.980. The molecule has 1 nitrogen and oxygen atoms in total. The number of nitrogens with one attached hydrogen (secondary N) is 1. The molecular weight excluding hydrogens is 158 g/mol. The molecule has 0 saturated carbocycles. The summed E-state index contributed by atoms with van der Waals surface area (Å²) in [4.78, 5) is 0. The zero-order valence-corrected chi connectivity index (χ0v) is 8.65. The molecule has 1 heteroatoms. The summed E-state index contributed by atoms with van der Waals surface area (Å²) < 4.78 is 0. The first-order valence-electron chi connectivity index (χ1n) is 4.95. The van der Waals surface area contributed by atoms with Gasteiger partial charge in [-0.1, -0.05) is 12.1 Å². The molecule has 0 amide bonds. The number of benzene rings is 1. The van der Waals surface area contributed by atoms with Gasteiger partial charge in [-0.15, -0.1) is 0 Å². The number of hydrogen-bond donors (Lipinski definition) is 1. The average Bonchev–Trinajstić information content (AvgIpc) is 2.02. The molecule has 0 fully saturated rings. The minimum absolute atomic E-state index is 0.265. The second-order valence-electron chi connectivity index (χ2n) is 4.61. The Kier molecular flexibility index (Phi) is 1.83. The zero-order chi connectivity index (χ0) is 9.47. The van der Waals surface area contributed by atoms with Gasteiger partial charge in [-0.2, -0.15) is 0 Å². The van der Waals surface area contributed by atoms with E-state index in [0.717, 1.165) is 0 Å². The SMILES string of the molecule is Cc1cccc2c1CCC(C)(C)N2. The molecule has 2 rings (SSSR count). The van der Waals surface area contributed by atoms with Crippen molar-refractivity contribution in [1.82, 2.24) is 0 Å². The molecule has 0 atom stereocenters. The highest BCUT2D eigenvalue weighted by Gasteiger charge is 2.24. The van der Waals surface area contributed by atoms with Crippen LogP contribution in [-0.4, -0.2) is 5.54 Å². The summed E-state index contributed by atoms with van der Waals surface area (Å²) in [6, 6.07) is 6.50. The van der Waals surface area contributed by atoms with Gasteiger partial charge in [0.2, 0.25) is 0 Å². The fourth-order valence-electron chi connectivity index (χ4n) is 2.02. The molecule has 0 radical (unpaired) electrons. The molecule has 0 spiro atoms. The molecule has 0 aromatic heterocycles. The smallest absolute Gasteiger partial charge is 0.0379 e. The lowest BCUT2D eigenvalue weighted by Gasteiger charge is -2.34. The Morgan fingerprint density at radius 3 is 2.85 bits per heavy atom. The summed E-state index contributed by atoms with van der Waals surface area (Å²) in [6.07, 6.45) is 2.44. The Bertz CT molecular complexity index is 326. The molecule has 70 valence electrons. The van der Waals surface area contributed by atoms with Crippen LogP contribution in [0, 0.1) is 6.92 Å². The Morgan fingerprint density at radius 1 is 1.31 bits per heavy atom. The fourth-order valence-corrected chi connectivity index (χ4v) is 2.02. The van der Waals surface area contributed by atoms with Crippen LogP contribution in [0.2, 0.25) is 0 Å². The molecule has 0 aliphatic carbocycles. The molecule has 1 N–H and O–H groups in total.